The van der Waals surface area contributed by atoms with E-state index in [0.29, 0.717) is 12.6 Å². The molecule has 1 fully saturated rings. The minimum absolute atomic E-state index is 0. The molecular weight excluding hydrogens is 441 g/mol. The molecule has 1 aromatic carbocycles. The van der Waals surface area contributed by atoms with E-state index in [1.165, 1.54) is 5.56 Å². The SMILES string of the molecule is CN=C(NCc1ccccc1-n1nc(C)cc1C)NCC1CCCO1.I. The fourth-order valence-electron chi connectivity index (χ4n) is 3.16. The summed E-state index contributed by atoms with van der Waals surface area (Å²) < 4.78 is 7.64. The lowest BCUT2D eigenvalue weighted by molar-refractivity contribution is 0.114. The lowest BCUT2D eigenvalue weighted by atomic mass is 10.1. The number of aryl methyl sites for hydroxylation is 2. The minimum Gasteiger partial charge on any atom is -0.376 e. The molecule has 0 aliphatic carbocycles. The van der Waals surface area contributed by atoms with Crippen LogP contribution in [0.25, 0.3) is 5.69 Å². The highest BCUT2D eigenvalue weighted by atomic mass is 127. The second kappa shape index (κ2) is 9.91. The van der Waals surface area contributed by atoms with E-state index in [9.17, 15) is 0 Å². The number of benzene rings is 1. The third-order valence-corrected chi connectivity index (χ3v) is 4.42. The Kier molecular flexibility index (Phi) is 7.89. The van der Waals surface area contributed by atoms with E-state index in [1.54, 1.807) is 7.05 Å². The summed E-state index contributed by atoms with van der Waals surface area (Å²) in [6, 6.07) is 10.4. The summed E-state index contributed by atoms with van der Waals surface area (Å²) in [6.45, 7) is 6.43. The zero-order valence-corrected chi connectivity index (χ0v) is 18.0. The Morgan fingerprint density at radius 3 is 2.77 bits per heavy atom. The number of nitrogens with one attached hydrogen (secondary N) is 2. The van der Waals surface area contributed by atoms with Crippen molar-refractivity contribution in [3.05, 3.63) is 47.3 Å². The number of halogens is 1. The molecule has 0 bridgehead atoms. The van der Waals surface area contributed by atoms with Gasteiger partial charge >= 0.3 is 0 Å². The maximum absolute atomic E-state index is 5.65. The monoisotopic (exact) mass is 469 g/mol. The number of aromatic nitrogens is 2. The molecule has 1 unspecified atom stereocenters. The Balaban J connectivity index is 0.00000243. The van der Waals surface area contributed by atoms with E-state index in [-0.39, 0.29) is 24.0 Å². The molecule has 1 aliphatic heterocycles. The zero-order valence-electron chi connectivity index (χ0n) is 15.7. The Morgan fingerprint density at radius 2 is 2.12 bits per heavy atom. The number of rotatable bonds is 5. The highest BCUT2D eigenvalue weighted by molar-refractivity contribution is 14.0. The molecule has 7 heteroatoms. The number of ether oxygens (including phenoxy) is 1. The summed E-state index contributed by atoms with van der Waals surface area (Å²) in [7, 11) is 1.79. The molecule has 2 aromatic rings. The van der Waals surface area contributed by atoms with Crippen LogP contribution < -0.4 is 10.6 Å². The van der Waals surface area contributed by atoms with Crippen LogP contribution >= 0.6 is 24.0 Å². The van der Waals surface area contributed by atoms with Crippen LogP contribution in [0.15, 0.2) is 35.3 Å². The van der Waals surface area contributed by atoms with Gasteiger partial charge < -0.3 is 15.4 Å². The largest absolute Gasteiger partial charge is 0.376 e. The number of para-hydroxylation sites is 1. The van der Waals surface area contributed by atoms with Gasteiger partial charge in [-0.2, -0.15) is 5.10 Å². The lowest BCUT2D eigenvalue weighted by Crippen LogP contribution is -2.40. The normalized spacial score (nSPS) is 17.0. The fraction of sp³-hybridized carbons (Fsp3) is 0.474. The van der Waals surface area contributed by atoms with Gasteiger partial charge in [0.1, 0.15) is 0 Å². The summed E-state index contributed by atoms with van der Waals surface area (Å²) in [5, 5.41) is 11.3. The Bertz CT molecular complexity index is 737. The first kappa shape index (κ1) is 20.7. The predicted molar refractivity (Wildman–Crippen MR) is 116 cm³/mol. The molecule has 1 aromatic heterocycles. The third-order valence-electron chi connectivity index (χ3n) is 4.42. The van der Waals surface area contributed by atoms with Gasteiger partial charge in [-0.3, -0.25) is 4.99 Å². The molecule has 1 saturated heterocycles. The highest BCUT2D eigenvalue weighted by Gasteiger charge is 2.15. The molecule has 142 valence electrons. The maximum atomic E-state index is 5.65. The van der Waals surface area contributed by atoms with Gasteiger partial charge in [0, 0.05) is 32.4 Å². The van der Waals surface area contributed by atoms with Gasteiger partial charge in [-0.25, -0.2) is 4.68 Å². The average Bonchev–Trinajstić information content (AvgIpc) is 3.24. The first-order valence-electron chi connectivity index (χ1n) is 8.85. The zero-order chi connectivity index (χ0) is 17.6. The molecule has 26 heavy (non-hydrogen) atoms. The van der Waals surface area contributed by atoms with Crippen molar-refractivity contribution in [2.24, 2.45) is 4.99 Å². The predicted octanol–water partition coefficient (Wildman–Crippen LogP) is 2.95. The van der Waals surface area contributed by atoms with Crippen molar-refractivity contribution in [1.82, 2.24) is 20.4 Å². The van der Waals surface area contributed by atoms with Crippen molar-refractivity contribution >= 4 is 29.9 Å². The molecule has 2 heterocycles. The molecule has 0 spiro atoms. The summed E-state index contributed by atoms with van der Waals surface area (Å²) in [5.74, 6) is 0.790. The van der Waals surface area contributed by atoms with E-state index in [0.717, 1.165) is 49.0 Å². The van der Waals surface area contributed by atoms with Gasteiger partial charge in [0.05, 0.1) is 17.5 Å². The smallest absolute Gasteiger partial charge is 0.191 e. The van der Waals surface area contributed by atoms with E-state index < -0.39 is 0 Å². The van der Waals surface area contributed by atoms with Gasteiger partial charge in [0.2, 0.25) is 0 Å². The van der Waals surface area contributed by atoms with Gasteiger partial charge in [-0.05, 0) is 44.4 Å². The highest BCUT2D eigenvalue weighted by Crippen LogP contribution is 2.17. The van der Waals surface area contributed by atoms with Crippen LogP contribution in [0, 0.1) is 13.8 Å². The van der Waals surface area contributed by atoms with Crippen LogP contribution in [0.2, 0.25) is 0 Å². The molecule has 6 nitrogen and oxygen atoms in total. The van der Waals surface area contributed by atoms with Gasteiger partial charge in [-0.15, -0.1) is 24.0 Å². The van der Waals surface area contributed by atoms with Crippen LogP contribution in [-0.2, 0) is 11.3 Å². The number of nitrogens with zero attached hydrogens (tertiary/aromatic N) is 3. The third kappa shape index (κ3) is 5.20. The molecule has 1 aliphatic rings. The number of hydrogen-bond acceptors (Lipinski definition) is 3. The molecule has 0 amide bonds. The van der Waals surface area contributed by atoms with E-state index in [1.807, 2.05) is 17.7 Å². The van der Waals surface area contributed by atoms with Crippen molar-refractivity contribution < 1.29 is 4.74 Å². The van der Waals surface area contributed by atoms with Gasteiger partial charge in [0.15, 0.2) is 5.96 Å². The van der Waals surface area contributed by atoms with Crippen LogP contribution in [0.5, 0.6) is 0 Å². The summed E-state index contributed by atoms with van der Waals surface area (Å²) in [5.41, 5.74) is 4.42. The van der Waals surface area contributed by atoms with Gasteiger partial charge in [0.25, 0.3) is 0 Å². The topological polar surface area (TPSA) is 63.5 Å². The van der Waals surface area contributed by atoms with E-state index in [2.05, 4.69) is 51.9 Å². The quantitative estimate of drug-likeness (QED) is 0.402. The Morgan fingerprint density at radius 1 is 1.31 bits per heavy atom. The van der Waals surface area contributed by atoms with E-state index >= 15 is 0 Å². The fourth-order valence-corrected chi connectivity index (χ4v) is 3.16. The minimum atomic E-state index is 0. The molecule has 0 radical (unpaired) electrons. The summed E-state index contributed by atoms with van der Waals surface area (Å²) >= 11 is 0. The van der Waals surface area contributed by atoms with Gasteiger partial charge in [-0.1, -0.05) is 18.2 Å². The van der Waals surface area contributed by atoms with Crippen molar-refractivity contribution in [2.75, 3.05) is 20.2 Å². The maximum Gasteiger partial charge on any atom is 0.191 e. The number of guanidine groups is 1. The Hall–Kier alpha value is -1.61. The first-order valence-corrected chi connectivity index (χ1v) is 8.85. The van der Waals surface area contributed by atoms with Crippen molar-refractivity contribution in [2.45, 2.75) is 39.3 Å². The Labute approximate surface area is 172 Å². The molecular formula is C19H28IN5O. The first-order chi connectivity index (χ1) is 12.2. The van der Waals surface area contributed by atoms with Crippen molar-refractivity contribution in [1.29, 1.82) is 0 Å². The number of hydrogen-bond donors (Lipinski definition) is 2. The standard InChI is InChI=1S/C19H27N5O.HI/c1-14-11-15(2)24(23-14)18-9-5-4-7-16(18)12-21-19(20-3)22-13-17-8-6-10-25-17;/h4-5,7,9,11,17H,6,8,10,12-13H2,1-3H3,(H2,20,21,22);1H. The molecule has 3 rings (SSSR count). The summed E-state index contributed by atoms with van der Waals surface area (Å²) in [4.78, 5) is 4.30. The van der Waals surface area contributed by atoms with Crippen LogP contribution in [0.4, 0.5) is 0 Å². The van der Waals surface area contributed by atoms with Crippen LogP contribution in [0.3, 0.4) is 0 Å². The molecule has 0 saturated carbocycles. The summed E-state index contributed by atoms with van der Waals surface area (Å²) in [6.07, 6.45) is 2.56. The number of aliphatic imine (C=N–C) groups is 1. The lowest BCUT2D eigenvalue weighted by Gasteiger charge is -2.16. The second-order valence-electron chi connectivity index (χ2n) is 6.41. The average molecular weight is 469 g/mol. The van der Waals surface area contributed by atoms with Crippen molar-refractivity contribution in [3.8, 4) is 5.69 Å². The molecule has 1 atom stereocenters. The second-order valence-corrected chi connectivity index (χ2v) is 6.41. The van der Waals surface area contributed by atoms with Crippen LogP contribution in [0.1, 0.15) is 29.8 Å². The van der Waals surface area contributed by atoms with E-state index in [4.69, 9.17) is 4.74 Å². The molecule has 2 N–H and O–H groups in total. The van der Waals surface area contributed by atoms with Crippen molar-refractivity contribution in [3.63, 3.8) is 0 Å². The van der Waals surface area contributed by atoms with Crippen LogP contribution in [-0.4, -0.2) is 42.0 Å².